The van der Waals surface area contributed by atoms with E-state index in [0.717, 1.165) is 0 Å². The van der Waals surface area contributed by atoms with Crippen molar-refractivity contribution in [3.63, 3.8) is 0 Å². The summed E-state index contributed by atoms with van der Waals surface area (Å²) in [5.74, 6) is -0.182. The maximum Gasteiger partial charge on any atom is 0.414 e. The van der Waals surface area contributed by atoms with Gasteiger partial charge in [0, 0.05) is 19.6 Å². The van der Waals surface area contributed by atoms with E-state index in [-0.39, 0.29) is 32.0 Å². The van der Waals surface area contributed by atoms with E-state index in [0.29, 0.717) is 25.1 Å². The number of nitrogens with one attached hydrogen (secondary N) is 5. The lowest BCUT2D eigenvalue weighted by Crippen LogP contribution is -2.48. The summed E-state index contributed by atoms with van der Waals surface area (Å²) in [6, 6.07) is -0.894. The molecule has 0 rings (SSSR count). The number of guanidine groups is 1. The van der Waals surface area contributed by atoms with Gasteiger partial charge in [0.2, 0.25) is 11.9 Å². The van der Waals surface area contributed by atoms with Gasteiger partial charge in [-0.3, -0.25) is 30.7 Å². The van der Waals surface area contributed by atoms with E-state index < -0.39 is 58.7 Å². The zero-order chi connectivity index (χ0) is 37.3. The van der Waals surface area contributed by atoms with Gasteiger partial charge in [0.25, 0.3) is 0 Å². The smallest absolute Gasteiger partial charge is 0.414 e. The Kier molecular flexibility index (Phi) is 18.0. The Labute approximate surface area is 285 Å². The molecule has 0 aromatic rings. The van der Waals surface area contributed by atoms with Gasteiger partial charge in [-0.05, 0) is 116 Å². The fraction of sp³-hybridized carbons (Fsp3) is 0.781. The molecule has 0 bridgehead atoms. The second-order valence-electron chi connectivity index (χ2n) is 14.9. The topological polar surface area (TPSA) is 207 Å². The van der Waals surface area contributed by atoms with Crippen molar-refractivity contribution >= 4 is 42.1 Å². The molecule has 0 heterocycles. The summed E-state index contributed by atoms with van der Waals surface area (Å²) in [7, 11) is 0. The normalized spacial score (nSPS) is 12.9. The van der Waals surface area contributed by atoms with Crippen LogP contribution in [0.3, 0.4) is 0 Å². The summed E-state index contributed by atoms with van der Waals surface area (Å²) in [6.07, 6.45) is -1.28. The van der Waals surface area contributed by atoms with E-state index in [9.17, 15) is 24.0 Å². The van der Waals surface area contributed by atoms with E-state index >= 15 is 0 Å². The van der Waals surface area contributed by atoms with E-state index in [1.807, 2.05) is 0 Å². The Hall–Kier alpha value is -4.11. The summed E-state index contributed by atoms with van der Waals surface area (Å²) in [5.41, 5.74) is -2.93. The number of unbranched alkanes of at least 4 members (excludes halogenated alkanes) is 1. The highest BCUT2D eigenvalue weighted by Crippen LogP contribution is 2.10. The summed E-state index contributed by atoms with van der Waals surface area (Å²) >= 11 is 0. The molecule has 276 valence electrons. The summed E-state index contributed by atoms with van der Waals surface area (Å²) in [5, 5.41) is 12.8. The number of carbonyl (C=O) groups is 5. The van der Waals surface area contributed by atoms with Gasteiger partial charge in [-0.25, -0.2) is 19.2 Å². The summed E-state index contributed by atoms with van der Waals surface area (Å²) < 4.78 is 21.0. The monoisotopic (exact) mass is 685 g/mol. The Morgan fingerprint density at radius 2 is 0.979 bits per heavy atom. The number of amidine groups is 1. The molecule has 0 radical (unpaired) electrons. The first kappa shape index (κ1) is 43.9. The molecule has 5 amide bonds. The molecular formula is C32H59N7O9. The number of amides is 5. The number of hydrogen-bond acceptors (Lipinski definition) is 11. The van der Waals surface area contributed by atoms with Gasteiger partial charge in [0.15, 0.2) is 0 Å². The molecule has 0 aromatic carbocycles. The number of carbonyl (C=O) groups excluding carboxylic acids is 5. The molecule has 1 unspecified atom stereocenters. The minimum Gasteiger partial charge on any atom is -0.444 e. The predicted molar refractivity (Wildman–Crippen MR) is 183 cm³/mol. The van der Waals surface area contributed by atoms with Crippen LogP contribution < -0.4 is 26.6 Å². The number of aliphatic imine (C=N–C) groups is 2. The van der Waals surface area contributed by atoms with Crippen LogP contribution in [-0.4, -0.2) is 90.2 Å². The van der Waals surface area contributed by atoms with Gasteiger partial charge in [-0.2, -0.15) is 0 Å². The third kappa shape index (κ3) is 26.0. The lowest BCUT2D eigenvalue weighted by Gasteiger charge is -2.23. The molecule has 0 aliphatic rings. The van der Waals surface area contributed by atoms with Gasteiger partial charge in [-0.1, -0.05) is 0 Å². The molecule has 16 nitrogen and oxygen atoms in total. The Balaban J connectivity index is 5.19. The Morgan fingerprint density at radius 1 is 0.562 bits per heavy atom. The molecule has 48 heavy (non-hydrogen) atoms. The van der Waals surface area contributed by atoms with Crippen molar-refractivity contribution in [3.05, 3.63) is 0 Å². The lowest BCUT2D eigenvalue weighted by atomic mass is 10.1. The summed E-state index contributed by atoms with van der Waals surface area (Å²) in [4.78, 5) is 70.4. The number of alkyl carbamates (subject to hydrolysis) is 4. The van der Waals surface area contributed by atoms with Gasteiger partial charge in [-0.15, -0.1) is 0 Å². The van der Waals surface area contributed by atoms with Gasteiger partial charge in [0.05, 0.1) is 0 Å². The third-order valence-electron chi connectivity index (χ3n) is 5.08. The van der Waals surface area contributed by atoms with E-state index in [1.54, 1.807) is 90.0 Å². The highest BCUT2D eigenvalue weighted by molar-refractivity contribution is 6.01. The molecule has 0 aliphatic carbocycles. The van der Waals surface area contributed by atoms with E-state index in [2.05, 4.69) is 36.6 Å². The zero-order valence-corrected chi connectivity index (χ0v) is 31.1. The molecule has 0 spiro atoms. The second kappa shape index (κ2) is 19.6. The highest BCUT2D eigenvalue weighted by atomic mass is 16.6. The van der Waals surface area contributed by atoms with Crippen LogP contribution in [-0.2, 0) is 23.7 Å². The fourth-order valence-corrected chi connectivity index (χ4v) is 3.42. The number of rotatable bonds is 11. The standard InChI is InChI=1S/C32H59N7O9/c1-21(36-25(41)45-29(2,3)4)33-20-16-17-22(37-26(42)46-30(5,6)7)23(40)34-18-14-15-19-35-24(38-27(43)47-31(8,9)10)39-28(44)48-32(11,12)13/h22H,14-20H2,1-13H3,(H,34,40)(H,37,42)(H,33,36,41)(H2,35,38,39,43,44). The largest absolute Gasteiger partial charge is 0.444 e. The fourth-order valence-electron chi connectivity index (χ4n) is 3.42. The lowest BCUT2D eigenvalue weighted by molar-refractivity contribution is -0.123. The van der Waals surface area contributed by atoms with Gasteiger partial charge < -0.3 is 29.6 Å². The Morgan fingerprint density at radius 3 is 1.44 bits per heavy atom. The third-order valence-corrected chi connectivity index (χ3v) is 5.08. The van der Waals surface area contributed by atoms with Gasteiger partial charge >= 0.3 is 24.4 Å². The van der Waals surface area contributed by atoms with Crippen LogP contribution in [0.5, 0.6) is 0 Å². The Bertz CT molecular complexity index is 1110. The van der Waals surface area contributed by atoms with Crippen LogP contribution >= 0.6 is 0 Å². The molecule has 0 fully saturated rings. The number of hydrogen-bond donors (Lipinski definition) is 5. The maximum atomic E-state index is 13.0. The average molecular weight is 686 g/mol. The SMILES string of the molecule is CC(=NCCCC(NC(=O)OC(C)(C)C)C(=O)NCCCCN=C(NC(=O)OC(C)(C)C)NC(=O)OC(C)(C)C)NC(=O)OC(C)(C)C. The van der Waals surface area contributed by atoms with Crippen LogP contribution in [0.25, 0.3) is 0 Å². The van der Waals surface area contributed by atoms with Crippen LogP contribution in [0.2, 0.25) is 0 Å². The van der Waals surface area contributed by atoms with Crippen LogP contribution in [0.15, 0.2) is 9.98 Å². The first-order valence-electron chi connectivity index (χ1n) is 16.1. The molecule has 0 aliphatic heterocycles. The molecule has 0 saturated heterocycles. The van der Waals surface area contributed by atoms with Crippen molar-refractivity contribution in [3.8, 4) is 0 Å². The first-order chi connectivity index (χ1) is 21.7. The molecule has 0 aromatic heterocycles. The van der Waals surface area contributed by atoms with Crippen molar-refractivity contribution in [2.75, 3.05) is 19.6 Å². The second-order valence-corrected chi connectivity index (χ2v) is 14.9. The maximum absolute atomic E-state index is 13.0. The van der Waals surface area contributed by atoms with Crippen molar-refractivity contribution in [2.24, 2.45) is 9.98 Å². The van der Waals surface area contributed by atoms with E-state index in [4.69, 9.17) is 18.9 Å². The van der Waals surface area contributed by atoms with Crippen LogP contribution in [0.4, 0.5) is 19.2 Å². The minimum atomic E-state index is -0.894. The highest BCUT2D eigenvalue weighted by Gasteiger charge is 2.25. The first-order valence-corrected chi connectivity index (χ1v) is 16.1. The average Bonchev–Trinajstić information content (AvgIpc) is 2.82. The molecule has 5 N–H and O–H groups in total. The van der Waals surface area contributed by atoms with Crippen LogP contribution in [0, 0.1) is 0 Å². The molecule has 0 saturated carbocycles. The number of nitrogens with zero attached hydrogens (tertiary/aromatic N) is 2. The summed E-state index contributed by atoms with van der Waals surface area (Å²) in [6.45, 7) is 23.0. The quantitative estimate of drug-likeness (QED) is 0.0866. The number of ether oxygens (including phenoxy) is 4. The molecule has 16 heteroatoms. The predicted octanol–water partition coefficient (Wildman–Crippen LogP) is 4.90. The van der Waals surface area contributed by atoms with Crippen LogP contribution in [0.1, 0.15) is 116 Å². The van der Waals surface area contributed by atoms with Crippen molar-refractivity contribution in [2.45, 2.75) is 144 Å². The minimum absolute atomic E-state index is 0.136. The molecular weight excluding hydrogens is 626 g/mol. The van der Waals surface area contributed by atoms with Crippen molar-refractivity contribution in [1.29, 1.82) is 0 Å². The van der Waals surface area contributed by atoms with E-state index in [1.165, 1.54) is 0 Å². The zero-order valence-electron chi connectivity index (χ0n) is 31.1. The van der Waals surface area contributed by atoms with Crippen molar-refractivity contribution in [1.82, 2.24) is 26.6 Å². The van der Waals surface area contributed by atoms with Crippen molar-refractivity contribution < 1.29 is 42.9 Å². The van der Waals surface area contributed by atoms with Gasteiger partial charge in [0.1, 0.15) is 34.3 Å². The molecule has 1 atom stereocenters.